The SMILES string of the molecule is Cc1nnc(NC(=O)C(Cc2ccccc2)NC(=O)OCc2ccccc2)s1. The number of anilines is 1. The van der Waals surface area contributed by atoms with Crippen LogP contribution in [0.3, 0.4) is 0 Å². The fourth-order valence-corrected chi connectivity index (χ4v) is 3.10. The van der Waals surface area contributed by atoms with E-state index in [0.717, 1.165) is 16.1 Å². The molecule has 0 aliphatic carbocycles. The molecule has 0 bridgehead atoms. The van der Waals surface area contributed by atoms with Crippen LogP contribution in [0.5, 0.6) is 0 Å². The highest BCUT2D eigenvalue weighted by molar-refractivity contribution is 7.15. The summed E-state index contributed by atoms with van der Waals surface area (Å²) in [6, 6.07) is 18.0. The van der Waals surface area contributed by atoms with E-state index in [1.165, 1.54) is 11.3 Å². The molecule has 144 valence electrons. The summed E-state index contributed by atoms with van der Waals surface area (Å²) in [6.07, 6.45) is -0.335. The van der Waals surface area contributed by atoms with Gasteiger partial charge in [-0.2, -0.15) is 0 Å². The number of nitrogens with zero attached hydrogens (tertiary/aromatic N) is 2. The van der Waals surface area contributed by atoms with Crippen molar-refractivity contribution in [1.29, 1.82) is 0 Å². The van der Waals surface area contributed by atoms with E-state index in [1.807, 2.05) is 60.7 Å². The number of hydrogen-bond donors (Lipinski definition) is 2. The van der Waals surface area contributed by atoms with Gasteiger partial charge in [-0.1, -0.05) is 72.0 Å². The first-order valence-electron chi connectivity index (χ1n) is 8.72. The van der Waals surface area contributed by atoms with E-state index in [-0.39, 0.29) is 12.5 Å². The van der Waals surface area contributed by atoms with Crippen LogP contribution in [0.25, 0.3) is 0 Å². The summed E-state index contributed by atoms with van der Waals surface area (Å²) in [6.45, 7) is 1.93. The minimum Gasteiger partial charge on any atom is -0.445 e. The number of rotatable bonds is 7. The smallest absolute Gasteiger partial charge is 0.408 e. The standard InChI is InChI=1S/C20H20N4O3S/c1-14-23-24-19(28-14)22-18(25)17(12-15-8-4-2-5-9-15)21-20(26)27-13-16-10-6-3-7-11-16/h2-11,17H,12-13H2,1H3,(H,21,26)(H,22,24,25). The first-order valence-corrected chi connectivity index (χ1v) is 9.54. The fourth-order valence-electron chi connectivity index (χ4n) is 2.51. The Labute approximate surface area is 166 Å². The molecule has 2 aromatic carbocycles. The lowest BCUT2D eigenvalue weighted by Gasteiger charge is -2.17. The van der Waals surface area contributed by atoms with E-state index in [4.69, 9.17) is 4.74 Å². The number of amides is 2. The Balaban J connectivity index is 1.64. The molecule has 1 atom stereocenters. The average molecular weight is 396 g/mol. The topological polar surface area (TPSA) is 93.2 Å². The molecule has 0 aliphatic rings. The first-order chi connectivity index (χ1) is 13.6. The molecule has 8 heteroatoms. The maximum atomic E-state index is 12.7. The van der Waals surface area contributed by atoms with Gasteiger partial charge in [-0.25, -0.2) is 4.79 Å². The highest BCUT2D eigenvalue weighted by Gasteiger charge is 2.23. The number of hydrogen-bond acceptors (Lipinski definition) is 6. The van der Waals surface area contributed by atoms with E-state index in [1.54, 1.807) is 6.92 Å². The van der Waals surface area contributed by atoms with Crippen molar-refractivity contribution in [3.05, 3.63) is 76.8 Å². The Bertz CT molecular complexity index is 915. The van der Waals surface area contributed by atoms with Crippen LogP contribution in [-0.4, -0.2) is 28.2 Å². The number of carbonyl (C=O) groups is 2. The Kier molecular flexibility index (Phi) is 6.69. The number of nitrogens with one attached hydrogen (secondary N) is 2. The molecule has 2 N–H and O–H groups in total. The summed E-state index contributed by atoms with van der Waals surface area (Å²) in [4.78, 5) is 24.9. The van der Waals surface area contributed by atoms with Crippen molar-refractivity contribution in [2.45, 2.75) is 26.0 Å². The molecule has 0 spiro atoms. The highest BCUT2D eigenvalue weighted by atomic mass is 32.1. The molecule has 0 saturated carbocycles. The van der Waals surface area contributed by atoms with Crippen LogP contribution < -0.4 is 10.6 Å². The predicted molar refractivity (Wildman–Crippen MR) is 107 cm³/mol. The Hall–Kier alpha value is -3.26. The number of benzene rings is 2. The fraction of sp³-hybridized carbons (Fsp3) is 0.200. The lowest BCUT2D eigenvalue weighted by Crippen LogP contribution is -2.45. The Morgan fingerprint density at radius 2 is 1.64 bits per heavy atom. The quantitative estimate of drug-likeness (QED) is 0.639. The molecule has 7 nitrogen and oxygen atoms in total. The number of ether oxygens (including phenoxy) is 1. The molecule has 1 aromatic heterocycles. The van der Waals surface area contributed by atoms with Gasteiger partial charge < -0.3 is 10.1 Å². The first kappa shape index (κ1) is 19.5. The summed E-state index contributed by atoms with van der Waals surface area (Å²) in [5, 5.41) is 14.2. The van der Waals surface area contributed by atoms with E-state index >= 15 is 0 Å². The van der Waals surface area contributed by atoms with Gasteiger partial charge in [0.1, 0.15) is 17.7 Å². The van der Waals surface area contributed by atoms with Crippen LogP contribution in [0.15, 0.2) is 60.7 Å². The van der Waals surface area contributed by atoms with Crippen LogP contribution in [-0.2, 0) is 22.6 Å². The van der Waals surface area contributed by atoms with Gasteiger partial charge in [0, 0.05) is 6.42 Å². The molecule has 0 radical (unpaired) electrons. The minimum atomic E-state index is -0.810. The molecule has 3 aromatic rings. The third-order valence-corrected chi connectivity index (χ3v) is 4.61. The van der Waals surface area contributed by atoms with Crippen molar-refractivity contribution < 1.29 is 14.3 Å². The summed E-state index contributed by atoms with van der Waals surface area (Å²) in [5.41, 5.74) is 1.78. The molecular weight excluding hydrogens is 376 g/mol. The van der Waals surface area contributed by atoms with Gasteiger partial charge in [-0.05, 0) is 18.1 Å². The van der Waals surface area contributed by atoms with E-state index in [9.17, 15) is 9.59 Å². The van der Waals surface area contributed by atoms with E-state index in [2.05, 4.69) is 20.8 Å². The summed E-state index contributed by atoms with van der Waals surface area (Å²) in [5.74, 6) is -0.378. The van der Waals surface area contributed by atoms with Crippen molar-refractivity contribution in [2.24, 2.45) is 0 Å². The molecule has 28 heavy (non-hydrogen) atoms. The third-order valence-electron chi connectivity index (χ3n) is 3.86. The van der Waals surface area contributed by atoms with Crippen LogP contribution in [0, 0.1) is 6.92 Å². The van der Waals surface area contributed by atoms with Gasteiger partial charge in [-0.3, -0.25) is 10.1 Å². The van der Waals surface area contributed by atoms with Crippen molar-refractivity contribution in [3.8, 4) is 0 Å². The monoisotopic (exact) mass is 396 g/mol. The average Bonchev–Trinajstić information content (AvgIpc) is 3.12. The summed E-state index contributed by atoms with van der Waals surface area (Å²) in [7, 11) is 0. The van der Waals surface area contributed by atoms with E-state index < -0.39 is 12.1 Å². The molecule has 0 saturated heterocycles. The summed E-state index contributed by atoms with van der Waals surface area (Å²) >= 11 is 1.27. The van der Waals surface area contributed by atoms with Gasteiger partial charge in [0.2, 0.25) is 11.0 Å². The third kappa shape index (κ3) is 5.88. The number of alkyl carbamates (subject to hydrolysis) is 1. The second-order valence-corrected chi connectivity index (χ2v) is 7.25. The normalized spacial score (nSPS) is 11.5. The zero-order valence-corrected chi connectivity index (χ0v) is 16.1. The van der Waals surface area contributed by atoms with Gasteiger partial charge in [-0.15, -0.1) is 10.2 Å². The van der Waals surface area contributed by atoms with Crippen LogP contribution >= 0.6 is 11.3 Å². The number of carbonyl (C=O) groups excluding carboxylic acids is 2. The molecule has 0 fully saturated rings. The van der Waals surface area contributed by atoms with Gasteiger partial charge >= 0.3 is 6.09 Å². The zero-order chi connectivity index (χ0) is 19.8. The van der Waals surface area contributed by atoms with Gasteiger partial charge in [0.25, 0.3) is 0 Å². The second-order valence-electron chi connectivity index (χ2n) is 6.06. The second kappa shape index (κ2) is 9.61. The maximum Gasteiger partial charge on any atom is 0.408 e. The predicted octanol–water partition coefficient (Wildman–Crippen LogP) is 3.32. The molecular formula is C20H20N4O3S. The minimum absolute atomic E-state index is 0.127. The van der Waals surface area contributed by atoms with Crippen molar-refractivity contribution >= 4 is 28.5 Å². The maximum absolute atomic E-state index is 12.7. The Morgan fingerprint density at radius 3 is 2.25 bits per heavy atom. The van der Waals surface area contributed by atoms with Crippen molar-refractivity contribution in [3.63, 3.8) is 0 Å². The molecule has 1 heterocycles. The lowest BCUT2D eigenvalue weighted by molar-refractivity contribution is -0.118. The molecule has 1 unspecified atom stereocenters. The highest BCUT2D eigenvalue weighted by Crippen LogP contribution is 2.14. The van der Waals surface area contributed by atoms with Crippen LogP contribution in [0.2, 0.25) is 0 Å². The lowest BCUT2D eigenvalue weighted by atomic mass is 10.1. The molecule has 2 amide bonds. The molecule has 0 aliphatic heterocycles. The van der Waals surface area contributed by atoms with Crippen molar-refractivity contribution in [1.82, 2.24) is 15.5 Å². The number of aromatic nitrogens is 2. The number of aryl methyl sites for hydroxylation is 1. The Morgan fingerprint density at radius 1 is 1.00 bits per heavy atom. The van der Waals surface area contributed by atoms with Gasteiger partial charge in [0.05, 0.1) is 0 Å². The van der Waals surface area contributed by atoms with Crippen LogP contribution in [0.1, 0.15) is 16.1 Å². The zero-order valence-electron chi connectivity index (χ0n) is 15.3. The molecule has 3 rings (SSSR count). The van der Waals surface area contributed by atoms with Crippen molar-refractivity contribution in [2.75, 3.05) is 5.32 Å². The van der Waals surface area contributed by atoms with E-state index in [0.29, 0.717) is 11.6 Å². The van der Waals surface area contributed by atoms with Crippen LogP contribution in [0.4, 0.5) is 9.93 Å². The summed E-state index contributed by atoms with van der Waals surface area (Å²) < 4.78 is 5.25. The largest absolute Gasteiger partial charge is 0.445 e. The van der Waals surface area contributed by atoms with Gasteiger partial charge in [0.15, 0.2) is 0 Å².